The summed E-state index contributed by atoms with van der Waals surface area (Å²) in [5, 5.41) is 0. The zero-order chi connectivity index (χ0) is 8.97. The van der Waals surface area contributed by atoms with E-state index in [1.54, 1.807) is 19.5 Å². The maximum absolute atomic E-state index is 4.96. The second-order valence-electron chi connectivity index (χ2n) is 3.15. The molecular formula is C9H14N2O. The summed E-state index contributed by atoms with van der Waals surface area (Å²) in [4.78, 5) is 8.27. The van der Waals surface area contributed by atoms with Gasteiger partial charge < -0.3 is 4.74 Å². The standard InChI is InChI=1S/C9H14N2O/c1-7(2)4-8-5-10-6-9(11-8)12-3/h5-7H,4H2,1-3H3. The molecule has 0 spiro atoms. The van der Waals surface area contributed by atoms with Crippen LogP contribution in [0.1, 0.15) is 19.5 Å². The van der Waals surface area contributed by atoms with Gasteiger partial charge in [-0.05, 0) is 12.3 Å². The van der Waals surface area contributed by atoms with Crippen molar-refractivity contribution in [3.8, 4) is 5.88 Å². The van der Waals surface area contributed by atoms with Gasteiger partial charge in [0, 0.05) is 6.20 Å². The topological polar surface area (TPSA) is 35.0 Å². The zero-order valence-corrected chi connectivity index (χ0v) is 7.74. The third-order valence-electron chi connectivity index (χ3n) is 1.49. The van der Waals surface area contributed by atoms with E-state index in [0.29, 0.717) is 11.8 Å². The lowest BCUT2D eigenvalue weighted by Crippen LogP contribution is -1.99. The largest absolute Gasteiger partial charge is 0.480 e. The van der Waals surface area contributed by atoms with Crippen LogP contribution in [0.2, 0.25) is 0 Å². The van der Waals surface area contributed by atoms with E-state index >= 15 is 0 Å². The molecule has 1 aromatic rings. The van der Waals surface area contributed by atoms with E-state index in [2.05, 4.69) is 23.8 Å². The molecule has 1 heterocycles. The summed E-state index contributed by atoms with van der Waals surface area (Å²) in [7, 11) is 1.60. The highest BCUT2D eigenvalue weighted by atomic mass is 16.5. The van der Waals surface area contributed by atoms with Gasteiger partial charge in [-0.25, -0.2) is 4.98 Å². The summed E-state index contributed by atoms with van der Waals surface area (Å²) >= 11 is 0. The molecule has 1 aromatic heterocycles. The summed E-state index contributed by atoms with van der Waals surface area (Å²) in [5.74, 6) is 1.19. The molecule has 0 N–H and O–H groups in total. The van der Waals surface area contributed by atoms with Crippen LogP contribution in [0, 0.1) is 5.92 Å². The summed E-state index contributed by atoms with van der Waals surface area (Å²) in [6.07, 6.45) is 4.34. The lowest BCUT2D eigenvalue weighted by molar-refractivity contribution is 0.393. The van der Waals surface area contributed by atoms with E-state index in [4.69, 9.17) is 4.74 Å². The van der Waals surface area contributed by atoms with Crippen molar-refractivity contribution >= 4 is 0 Å². The van der Waals surface area contributed by atoms with E-state index in [1.165, 1.54) is 0 Å². The number of hydrogen-bond donors (Lipinski definition) is 0. The van der Waals surface area contributed by atoms with Crippen LogP contribution in [-0.4, -0.2) is 17.1 Å². The van der Waals surface area contributed by atoms with Gasteiger partial charge >= 0.3 is 0 Å². The highest BCUT2D eigenvalue weighted by Gasteiger charge is 2.00. The number of nitrogens with zero attached hydrogens (tertiary/aromatic N) is 2. The summed E-state index contributed by atoms with van der Waals surface area (Å²) < 4.78 is 4.96. The van der Waals surface area contributed by atoms with Crippen LogP contribution in [-0.2, 0) is 6.42 Å². The summed E-state index contributed by atoms with van der Waals surface area (Å²) in [6.45, 7) is 4.31. The maximum Gasteiger partial charge on any atom is 0.232 e. The fourth-order valence-corrected chi connectivity index (χ4v) is 1.00. The first kappa shape index (κ1) is 8.97. The van der Waals surface area contributed by atoms with Crippen LogP contribution in [0.3, 0.4) is 0 Å². The Hall–Kier alpha value is -1.12. The molecule has 0 saturated heterocycles. The van der Waals surface area contributed by atoms with Crippen molar-refractivity contribution in [3.05, 3.63) is 18.1 Å². The van der Waals surface area contributed by atoms with Crippen molar-refractivity contribution in [2.75, 3.05) is 7.11 Å². The zero-order valence-electron chi connectivity index (χ0n) is 7.74. The van der Waals surface area contributed by atoms with Gasteiger partial charge in [-0.15, -0.1) is 0 Å². The molecule has 0 fully saturated rings. The maximum atomic E-state index is 4.96. The minimum absolute atomic E-state index is 0.591. The van der Waals surface area contributed by atoms with E-state index in [1.807, 2.05) is 0 Å². The minimum Gasteiger partial charge on any atom is -0.480 e. The Kier molecular flexibility index (Phi) is 3.02. The number of methoxy groups -OCH3 is 1. The second-order valence-corrected chi connectivity index (χ2v) is 3.15. The monoisotopic (exact) mass is 166 g/mol. The lowest BCUT2D eigenvalue weighted by Gasteiger charge is -2.04. The molecule has 0 unspecified atom stereocenters. The molecule has 3 nitrogen and oxygen atoms in total. The van der Waals surface area contributed by atoms with Crippen molar-refractivity contribution in [1.82, 2.24) is 9.97 Å². The quantitative estimate of drug-likeness (QED) is 0.685. The van der Waals surface area contributed by atoms with Gasteiger partial charge in [0.15, 0.2) is 0 Å². The van der Waals surface area contributed by atoms with Crippen LogP contribution in [0.15, 0.2) is 12.4 Å². The van der Waals surface area contributed by atoms with E-state index in [-0.39, 0.29) is 0 Å². The molecule has 0 radical (unpaired) electrons. The number of hydrogen-bond acceptors (Lipinski definition) is 3. The molecule has 0 aliphatic rings. The van der Waals surface area contributed by atoms with Crippen LogP contribution in [0.4, 0.5) is 0 Å². The molecule has 0 amide bonds. The average molecular weight is 166 g/mol. The van der Waals surface area contributed by atoms with E-state index in [9.17, 15) is 0 Å². The molecule has 3 heteroatoms. The normalized spacial score (nSPS) is 10.3. The minimum atomic E-state index is 0.591. The summed E-state index contributed by atoms with van der Waals surface area (Å²) in [5.41, 5.74) is 0.990. The van der Waals surface area contributed by atoms with Gasteiger partial charge in [0.1, 0.15) is 0 Å². The van der Waals surface area contributed by atoms with Crippen molar-refractivity contribution in [2.24, 2.45) is 5.92 Å². The first-order chi connectivity index (χ1) is 5.72. The Balaban J connectivity index is 2.72. The predicted octanol–water partition coefficient (Wildman–Crippen LogP) is 1.68. The van der Waals surface area contributed by atoms with Crippen molar-refractivity contribution in [2.45, 2.75) is 20.3 Å². The summed E-state index contributed by atoms with van der Waals surface area (Å²) in [6, 6.07) is 0. The molecular weight excluding hydrogens is 152 g/mol. The Labute approximate surface area is 72.8 Å². The number of aromatic nitrogens is 2. The fraction of sp³-hybridized carbons (Fsp3) is 0.556. The van der Waals surface area contributed by atoms with Crippen molar-refractivity contribution in [3.63, 3.8) is 0 Å². The first-order valence-corrected chi connectivity index (χ1v) is 4.07. The van der Waals surface area contributed by atoms with Crippen LogP contribution in [0.25, 0.3) is 0 Å². The number of ether oxygens (including phenoxy) is 1. The molecule has 0 saturated carbocycles. The van der Waals surface area contributed by atoms with Gasteiger partial charge in [0.2, 0.25) is 5.88 Å². The SMILES string of the molecule is COc1cncc(CC(C)C)n1. The Morgan fingerprint density at radius 3 is 2.75 bits per heavy atom. The molecule has 0 aromatic carbocycles. The van der Waals surface area contributed by atoms with Gasteiger partial charge in [-0.2, -0.15) is 0 Å². The fourth-order valence-electron chi connectivity index (χ4n) is 1.00. The highest BCUT2D eigenvalue weighted by Crippen LogP contribution is 2.08. The van der Waals surface area contributed by atoms with E-state index in [0.717, 1.165) is 12.1 Å². The molecule has 0 bridgehead atoms. The molecule has 1 rings (SSSR count). The van der Waals surface area contributed by atoms with Gasteiger partial charge in [-0.1, -0.05) is 13.8 Å². The van der Waals surface area contributed by atoms with Gasteiger partial charge in [0.25, 0.3) is 0 Å². The first-order valence-electron chi connectivity index (χ1n) is 4.07. The van der Waals surface area contributed by atoms with Crippen molar-refractivity contribution < 1.29 is 4.74 Å². The molecule has 0 atom stereocenters. The average Bonchev–Trinajstić information content (AvgIpc) is 2.03. The third kappa shape index (κ3) is 2.49. The molecule has 66 valence electrons. The molecule has 0 aliphatic heterocycles. The van der Waals surface area contributed by atoms with Crippen LogP contribution in [0.5, 0.6) is 5.88 Å². The molecule has 12 heavy (non-hydrogen) atoms. The predicted molar refractivity (Wildman–Crippen MR) is 47.1 cm³/mol. The van der Waals surface area contributed by atoms with Gasteiger partial charge in [-0.3, -0.25) is 4.98 Å². The Bertz CT molecular complexity index is 248. The Morgan fingerprint density at radius 1 is 1.42 bits per heavy atom. The van der Waals surface area contributed by atoms with Crippen LogP contribution < -0.4 is 4.74 Å². The smallest absolute Gasteiger partial charge is 0.232 e. The molecule has 0 aliphatic carbocycles. The lowest BCUT2D eigenvalue weighted by atomic mass is 10.1. The van der Waals surface area contributed by atoms with E-state index < -0.39 is 0 Å². The third-order valence-corrected chi connectivity index (χ3v) is 1.49. The highest BCUT2D eigenvalue weighted by molar-refractivity contribution is 5.08. The Morgan fingerprint density at radius 2 is 2.17 bits per heavy atom. The van der Waals surface area contributed by atoms with Gasteiger partial charge in [0.05, 0.1) is 19.0 Å². The number of rotatable bonds is 3. The second kappa shape index (κ2) is 4.04. The van der Waals surface area contributed by atoms with Crippen molar-refractivity contribution in [1.29, 1.82) is 0 Å². The van der Waals surface area contributed by atoms with Crippen LogP contribution >= 0.6 is 0 Å².